The van der Waals surface area contributed by atoms with Crippen LogP contribution in [0.2, 0.25) is 0 Å². The van der Waals surface area contributed by atoms with Crippen molar-refractivity contribution in [3.8, 4) is 24.3 Å². The summed E-state index contributed by atoms with van der Waals surface area (Å²) >= 11 is 0. The molecule has 2 rings (SSSR count). The number of alkyl halides is 1. The minimum atomic E-state index is -2.14. The second-order valence-corrected chi connectivity index (χ2v) is 5.96. The van der Waals surface area contributed by atoms with E-state index >= 15 is 0 Å². The molecule has 0 aromatic rings. The summed E-state index contributed by atoms with van der Waals surface area (Å²) in [6, 6.07) is 6.26. The number of fused-ring (bicyclic) bond motifs is 1. The largest absolute Gasteiger partial charge is 0.230 e. The van der Waals surface area contributed by atoms with Gasteiger partial charge in [-0.25, -0.2) is 13.2 Å². The summed E-state index contributed by atoms with van der Waals surface area (Å²) < 4.78 is 42.9. The van der Waals surface area contributed by atoms with E-state index in [4.69, 9.17) is 5.26 Å². The van der Waals surface area contributed by atoms with E-state index in [0.717, 1.165) is 0 Å². The minimum absolute atomic E-state index is 0.0174. The van der Waals surface area contributed by atoms with Crippen molar-refractivity contribution in [2.75, 3.05) is 0 Å². The molecule has 26 heavy (non-hydrogen) atoms. The predicted octanol–water partition coefficient (Wildman–Crippen LogP) is 4.03. The lowest BCUT2D eigenvalue weighted by Crippen LogP contribution is -2.43. The van der Waals surface area contributed by atoms with E-state index in [0.29, 0.717) is 0 Å². The van der Waals surface area contributed by atoms with Gasteiger partial charge < -0.3 is 0 Å². The monoisotopic (exact) mass is 352 g/mol. The van der Waals surface area contributed by atoms with Gasteiger partial charge in [0.1, 0.15) is 6.07 Å². The average molecular weight is 352 g/mol. The van der Waals surface area contributed by atoms with Crippen LogP contribution >= 0.6 is 0 Å². The Morgan fingerprint density at radius 1 is 0.923 bits per heavy atom. The molecule has 0 spiro atoms. The number of nitriles is 4. The predicted molar refractivity (Wildman–Crippen MR) is 85.0 cm³/mol. The van der Waals surface area contributed by atoms with E-state index < -0.39 is 52.6 Å². The van der Waals surface area contributed by atoms with E-state index in [1.807, 2.05) is 0 Å². The van der Waals surface area contributed by atoms with Gasteiger partial charge in [-0.2, -0.15) is 21.0 Å². The molecule has 0 saturated heterocycles. The molecule has 0 amide bonds. The standard InChI is InChI=1S/C19H11F3N4/c1-8(4-23)14-9(2)15-11(5-24)18(21)19(22)12(6-25)16(15)10(3)17(14)13(20)7-26/h13-17H,1-3H2. The highest BCUT2D eigenvalue weighted by atomic mass is 19.2. The van der Waals surface area contributed by atoms with Gasteiger partial charge in [-0.3, -0.25) is 0 Å². The second-order valence-electron chi connectivity index (χ2n) is 5.96. The Bertz CT molecular complexity index is 959. The van der Waals surface area contributed by atoms with E-state index in [1.54, 1.807) is 18.2 Å². The van der Waals surface area contributed by atoms with Crippen LogP contribution in [-0.4, -0.2) is 6.17 Å². The molecule has 5 atom stereocenters. The van der Waals surface area contributed by atoms with Crippen molar-refractivity contribution in [3.63, 3.8) is 0 Å². The van der Waals surface area contributed by atoms with E-state index in [2.05, 4.69) is 19.7 Å². The molecule has 0 N–H and O–H groups in total. The van der Waals surface area contributed by atoms with Gasteiger partial charge in [-0.05, 0) is 0 Å². The summed E-state index contributed by atoms with van der Waals surface area (Å²) in [5, 5.41) is 36.7. The molecule has 2 aliphatic carbocycles. The molecule has 0 radical (unpaired) electrons. The molecule has 0 aromatic heterocycles. The number of hydrogen-bond acceptors (Lipinski definition) is 4. The Morgan fingerprint density at radius 2 is 1.38 bits per heavy atom. The van der Waals surface area contributed by atoms with Crippen LogP contribution in [0.15, 0.2) is 59.3 Å². The quantitative estimate of drug-likeness (QED) is 0.554. The van der Waals surface area contributed by atoms with Crippen LogP contribution < -0.4 is 0 Å². The summed E-state index contributed by atoms with van der Waals surface area (Å²) in [5.74, 6) is -7.89. The molecule has 0 aromatic carbocycles. The van der Waals surface area contributed by atoms with Crippen molar-refractivity contribution in [3.05, 3.63) is 59.3 Å². The van der Waals surface area contributed by atoms with Crippen LogP contribution in [0.25, 0.3) is 0 Å². The Balaban J connectivity index is 2.81. The molecule has 2 aliphatic rings. The first-order chi connectivity index (χ1) is 12.3. The Labute approximate surface area is 148 Å². The molecule has 1 fully saturated rings. The third kappa shape index (κ3) is 2.43. The Hall–Kier alpha value is -3.55. The van der Waals surface area contributed by atoms with Gasteiger partial charge in [-0.15, -0.1) is 0 Å². The highest BCUT2D eigenvalue weighted by molar-refractivity contribution is 5.58. The molecule has 1 saturated carbocycles. The Morgan fingerprint density at radius 3 is 1.77 bits per heavy atom. The molecular weight excluding hydrogens is 341 g/mol. The SMILES string of the molecule is C=C(C#N)C1C(=C)C2C(C#N)=C(F)C(F)=C(C#N)C2C(=C)C1C(F)C#N. The summed E-state index contributed by atoms with van der Waals surface area (Å²) in [7, 11) is 0. The maximum atomic E-state index is 14.4. The van der Waals surface area contributed by atoms with Crippen LogP contribution in [0.3, 0.4) is 0 Å². The lowest BCUT2D eigenvalue weighted by atomic mass is 9.56. The van der Waals surface area contributed by atoms with Crippen molar-refractivity contribution in [1.82, 2.24) is 0 Å². The minimum Gasteiger partial charge on any atom is -0.230 e. The zero-order chi connectivity index (χ0) is 19.8. The van der Waals surface area contributed by atoms with Gasteiger partial charge >= 0.3 is 0 Å². The van der Waals surface area contributed by atoms with Gasteiger partial charge in [0.2, 0.25) is 0 Å². The van der Waals surface area contributed by atoms with Gasteiger partial charge in [-0.1, -0.05) is 30.9 Å². The number of rotatable bonds is 2. The molecular formula is C19H11F3N4. The number of hydrogen-bond donors (Lipinski definition) is 0. The van der Waals surface area contributed by atoms with Crippen LogP contribution in [-0.2, 0) is 0 Å². The summed E-state index contributed by atoms with van der Waals surface area (Å²) in [6.07, 6.45) is -2.14. The van der Waals surface area contributed by atoms with Crippen molar-refractivity contribution in [2.24, 2.45) is 23.7 Å². The normalized spacial score (nSPS) is 29.0. The number of halogens is 3. The van der Waals surface area contributed by atoms with E-state index in [-0.39, 0.29) is 16.7 Å². The fourth-order valence-corrected chi connectivity index (χ4v) is 3.67. The Kier molecular flexibility index (Phi) is 4.88. The molecule has 5 unspecified atom stereocenters. The fourth-order valence-electron chi connectivity index (χ4n) is 3.67. The average Bonchev–Trinajstić information content (AvgIpc) is 2.64. The van der Waals surface area contributed by atoms with Crippen LogP contribution in [0, 0.1) is 69.0 Å². The summed E-state index contributed by atoms with van der Waals surface area (Å²) in [4.78, 5) is 0. The third-order valence-electron chi connectivity index (χ3n) is 4.81. The number of allylic oxidation sites excluding steroid dienone is 7. The molecule has 4 nitrogen and oxygen atoms in total. The maximum absolute atomic E-state index is 14.4. The molecule has 0 aliphatic heterocycles. The van der Waals surface area contributed by atoms with E-state index in [9.17, 15) is 29.0 Å². The number of nitrogens with zero attached hydrogens (tertiary/aromatic N) is 4. The molecule has 0 heterocycles. The van der Waals surface area contributed by atoms with Crippen LogP contribution in [0.1, 0.15) is 0 Å². The van der Waals surface area contributed by atoms with Crippen molar-refractivity contribution in [1.29, 1.82) is 21.0 Å². The summed E-state index contributed by atoms with van der Waals surface area (Å²) in [6.45, 7) is 11.0. The smallest absolute Gasteiger partial charge is 0.193 e. The third-order valence-corrected chi connectivity index (χ3v) is 4.81. The van der Waals surface area contributed by atoms with Crippen LogP contribution in [0.4, 0.5) is 13.2 Å². The van der Waals surface area contributed by atoms with Crippen molar-refractivity contribution >= 4 is 0 Å². The van der Waals surface area contributed by atoms with Gasteiger partial charge in [0.25, 0.3) is 0 Å². The van der Waals surface area contributed by atoms with Gasteiger partial charge in [0, 0.05) is 29.2 Å². The first-order valence-electron chi connectivity index (χ1n) is 7.36. The first kappa shape index (κ1) is 18.8. The maximum Gasteiger partial charge on any atom is 0.193 e. The lowest BCUT2D eigenvalue weighted by Gasteiger charge is -2.45. The van der Waals surface area contributed by atoms with Crippen molar-refractivity contribution in [2.45, 2.75) is 6.17 Å². The molecule has 7 heteroatoms. The van der Waals surface area contributed by atoms with Gasteiger partial charge in [0.15, 0.2) is 17.8 Å². The first-order valence-corrected chi connectivity index (χ1v) is 7.36. The fraction of sp³-hybridized carbons (Fsp3) is 0.263. The van der Waals surface area contributed by atoms with Crippen molar-refractivity contribution < 1.29 is 13.2 Å². The van der Waals surface area contributed by atoms with Crippen LogP contribution in [0.5, 0.6) is 0 Å². The second kappa shape index (κ2) is 6.75. The van der Waals surface area contributed by atoms with Gasteiger partial charge in [0.05, 0.1) is 29.4 Å². The highest BCUT2D eigenvalue weighted by Crippen LogP contribution is 2.56. The summed E-state index contributed by atoms with van der Waals surface area (Å²) in [5.41, 5.74) is -1.47. The highest BCUT2D eigenvalue weighted by Gasteiger charge is 2.52. The lowest BCUT2D eigenvalue weighted by molar-refractivity contribution is 0.230. The zero-order valence-electron chi connectivity index (χ0n) is 13.4. The zero-order valence-corrected chi connectivity index (χ0v) is 13.4. The topological polar surface area (TPSA) is 95.2 Å². The molecule has 128 valence electrons. The molecule has 0 bridgehead atoms. The van der Waals surface area contributed by atoms with E-state index in [1.165, 1.54) is 6.07 Å².